The molecule has 0 radical (unpaired) electrons. The van der Waals surface area contributed by atoms with Crippen LogP contribution in [0.15, 0.2) is 40.8 Å². The number of guanidine groups is 1. The van der Waals surface area contributed by atoms with E-state index in [9.17, 15) is 0 Å². The van der Waals surface area contributed by atoms with Crippen LogP contribution in [-0.2, 0) is 6.54 Å². The summed E-state index contributed by atoms with van der Waals surface area (Å²) in [4.78, 5) is 9.58. The van der Waals surface area contributed by atoms with Crippen LogP contribution in [-0.4, -0.2) is 10.9 Å². The summed E-state index contributed by atoms with van der Waals surface area (Å²) in [6.45, 7) is 2.55. The van der Waals surface area contributed by atoms with Gasteiger partial charge in [-0.2, -0.15) is 0 Å². The lowest BCUT2D eigenvalue weighted by Gasteiger charge is -2.04. The number of anilines is 1. The predicted molar refractivity (Wildman–Crippen MR) is 87.7 cm³/mol. The first-order valence-corrected chi connectivity index (χ1v) is 6.14. The van der Waals surface area contributed by atoms with Gasteiger partial charge in [0.1, 0.15) is 0 Å². The van der Waals surface area contributed by atoms with Crippen molar-refractivity contribution in [2.75, 3.05) is 5.32 Å². The molecule has 2 rings (SSSR count). The number of hydrogen-bond acceptors (Lipinski definition) is 3. The van der Waals surface area contributed by atoms with E-state index in [1.54, 1.807) is 11.3 Å². The van der Waals surface area contributed by atoms with Gasteiger partial charge in [0.05, 0.1) is 17.7 Å². The monoisotopic (exact) mass is 374 g/mol. The first-order valence-electron chi connectivity index (χ1n) is 5.26. The zero-order chi connectivity index (χ0) is 12.1. The number of nitrogens with two attached hydrogens (primary N) is 1. The largest absolute Gasteiger partial charge is 0.370 e. The number of rotatable bonds is 3. The Morgan fingerprint density at radius 2 is 2.11 bits per heavy atom. The maximum atomic E-state index is 5.80. The summed E-state index contributed by atoms with van der Waals surface area (Å²) in [5.74, 6) is 0.420. The smallest absolute Gasteiger partial charge is 0.193 e. The molecule has 0 aliphatic rings. The average molecular weight is 374 g/mol. The summed E-state index contributed by atoms with van der Waals surface area (Å²) in [5, 5.41) is 3.04. The van der Waals surface area contributed by atoms with E-state index in [2.05, 4.69) is 15.3 Å². The van der Waals surface area contributed by atoms with E-state index < -0.39 is 0 Å². The van der Waals surface area contributed by atoms with E-state index in [1.165, 1.54) is 0 Å². The Balaban J connectivity index is 0.00000162. The van der Waals surface area contributed by atoms with Gasteiger partial charge < -0.3 is 11.1 Å². The molecule has 2 aromatic rings. The Labute approximate surface area is 127 Å². The molecular weight excluding hydrogens is 359 g/mol. The highest BCUT2D eigenvalue weighted by molar-refractivity contribution is 14.0. The Hall–Kier alpha value is -1.15. The number of hydrogen-bond donors (Lipinski definition) is 2. The van der Waals surface area contributed by atoms with E-state index in [0.717, 1.165) is 16.3 Å². The standard InChI is InChI=1S/C12H14N4S.HI/c1-9-11(17-8-15-9)7-14-12(13)16-10-5-3-2-4-6-10;/h2-6,8H,7H2,1H3,(H3,13,14,16);1H. The fourth-order valence-electron chi connectivity index (χ4n) is 1.34. The Kier molecular flexibility index (Phi) is 6.06. The molecule has 0 aliphatic carbocycles. The average Bonchev–Trinajstić information content (AvgIpc) is 2.74. The van der Waals surface area contributed by atoms with E-state index >= 15 is 0 Å². The van der Waals surface area contributed by atoms with Crippen molar-refractivity contribution < 1.29 is 0 Å². The maximum absolute atomic E-state index is 5.80. The molecule has 0 saturated heterocycles. The summed E-state index contributed by atoms with van der Waals surface area (Å²) < 4.78 is 0. The molecule has 0 unspecified atom stereocenters. The highest BCUT2D eigenvalue weighted by Crippen LogP contribution is 2.13. The first-order chi connectivity index (χ1) is 8.25. The Morgan fingerprint density at radius 1 is 1.39 bits per heavy atom. The summed E-state index contributed by atoms with van der Waals surface area (Å²) in [7, 11) is 0. The van der Waals surface area contributed by atoms with E-state index in [0.29, 0.717) is 12.5 Å². The van der Waals surface area contributed by atoms with Crippen LogP contribution in [0.5, 0.6) is 0 Å². The minimum absolute atomic E-state index is 0. The van der Waals surface area contributed by atoms with Gasteiger partial charge in [-0.3, -0.25) is 0 Å². The zero-order valence-corrected chi connectivity index (χ0v) is 13.1. The third kappa shape index (κ3) is 4.26. The van der Waals surface area contributed by atoms with Gasteiger partial charge in [0.15, 0.2) is 5.96 Å². The van der Waals surface area contributed by atoms with Crippen LogP contribution >= 0.6 is 35.3 Å². The molecule has 6 heteroatoms. The predicted octanol–water partition coefficient (Wildman–Crippen LogP) is 3.00. The van der Waals surface area contributed by atoms with Crippen LogP contribution in [0.3, 0.4) is 0 Å². The number of nitrogens with one attached hydrogen (secondary N) is 1. The highest BCUT2D eigenvalue weighted by Gasteiger charge is 2.00. The third-order valence-corrected chi connectivity index (χ3v) is 3.20. The highest BCUT2D eigenvalue weighted by atomic mass is 127. The molecule has 0 saturated carbocycles. The summed E-state index contributed by atoms with van der Waals surface area (Å²) in [6.07, 6.45) is 0. The van der Waals surface area contributed by atoms with Crippen LogP contribution in [0.2, 0.25) is 0 Å². The molecule has 0 spiro atoms. The number of thiazole rings is 1. The molecule has 1 heterocycles. The first kappa shape index (κ1) is 14.9. The summed E-state index contributed by atoms with van der Waals surface area (Å²) >= 11 is 1.60. The van der Waals surface area contributed by atoms with Crippen molar-refractivity contribution in [2.24, 2.45) is 10.7 Å². The molecular formula is C12H15IN4S. The lowest BCUT2D eigenvalue weighted by molar-refractivity contribution is 1.05. The molecule has 0 fully saturated rings. The molecule has 96 valence electrons. The van der Waals surface area contributed by atoms with Crippen LogP contribution in [0.25, 0.3) is 0 Å². The number of aliphatic imine (C=N–C) groups is 1. The summed E-state index contributed by atoms with van der Waals surface area (Å²) in [6, 6.07) is 9.74. The fourth-order valence-corrected chi connectivity index (χ4v) is 2.04. The van der Waals surface area contributed by atoms with Crippen LogP contribution in [0.4, 0.5) is 5.69 Å². The van der Waals surface area contributed by atoms with Crippen molar-refractivity contribution in [2.45, 2.75) is 13.5 Å². The lowest BCUT2D eigenvalue weighted by Crippen LogP contribution is -2.22. The zero-order valence-electron chi connectivity index (χ0n) is 9.96. The fraction of sp³-hybridized carbons (Fsp3) is 0.167. The number of nitrogens with zero attached hydrogens (tertiary/aromatic N) is 2. The number of para-hydroxylation sites is 1. The molecule has 0 amide bonds. The molecule has 1 aromatic heterocycles. The normalized spacial score (nSPS) is 10.8. The van der Waals surface area contributed by atoms with Gasteiger partial charge in [-0.05, 0) is 19.1 Å². The van der Waals surface area contributed by atoms with Crippen molar-refractivity contribution >= 4 is 47.0 Å². The minimum atomic E-state index is 0. The Bertz CT molecular complexity index is 510. The van der Waals surface area contributed by atoms with E-state index in [4.69, 9.17) is 5.73 Å². The quantitative estimate of drug-likeness (QED) is 0.493. The second-order valence-corrected chi connectivity index (χ2v) is 4.49. The molecule has 1 aromatic carbocycles. The van der Waals surface area contributed by atoms with Gasteiger partial charge in [0.2, 0.25) is 0 Å². The topological polar surface area (TPSA) is 63.3 Å². The molecule has 4 nitrogen and oxygen atoms in total. The SMILES string of the molecule is Cc1ncsc1CN=C(N)Nc1ccccc1.I. The van der Waals surface area contributed by atoms with Crippen LogP contribution in [0, 0.1) is 6.92 Å². The molecule has 0 aliphatic heterocycles. The summed E-state index contributed by atoms with van der Waals surface area (Å²) in [5.41, 5.74) is 9.58. The maximum Gasteiger partial charge on any atom is 0.193 e. The molecule has 0 atom stereocenters. The lowest BCUT2D eigenvalue weighted by atomic mass is 10.3. The van der Waals surface area contributed by atoms with Crippen molar-refractivity contribution in [3.05, 3.63) is 46.4 Å². The molecule has 18 heavy (non-hydrogen) atoms. The van der Waals surface area contributed by atoms with Crippen LogP contribution in [0.1, 0.15) is 10.6 Å². The van der Waals surface area contributed by atoms with Gasteiger partial charge in [0, 0.05) is 10.6 Å². The number of halogens is 1. The van der Waals surface area contributed by atoms with Gasteiger partial charge >= 0.3 is 0 Å². The van der Waals surface area contributed by atoms with Gasteiger partial charge in [-0.15, -0.1) is 35.3 Å². The van der Waals surface area contributed by atoms with Crippen LogP contribution < -0.4 is 11.1 Å². The minimum Gasteiger partial charge on any atom is -0.370 e. The Morgan fingerprint density at radius 3 is 2.72 bits per heavy atom. The number of benzene rings is 1. The van der Waals surface area contributed by atoms with Crippen molar-refractivity contribution in [1.82, 2.24) is 4.98 Å². The van der Waals surface area contributed by atoms with E-state index in [-0.39, 0.29) is 24.0 Å². The third-order valence-electron chi connectivity index (χ3n) is 2.28. The van der Waals surface area contributed by atoms with E-state index in [1.807, 2.05) is 42.8 Å². The van der Waals surface area contributed by atoms with Crippen molar-refractivity contribution in [3.8, 4) is 0 Å². The second kappa shape index (κ2) is 7.32. The van der Waals surface area contributed by atoms with Crippen molar-refractivity contribution in [1.29, 1.82) is 0 Å². The van der Waals surface area contributed by atoms with Crippen molar-refractivity contribution in [3.63, 3.8) is 0 Å². The molecule has 3 N–H and O–H groups in total. The number of aromatic nitrogens is 1. The van der Waals surface area contributed by atoms with Gasteiger partial charge in [-0.25, -0.2) is 9.98 Å². The second-order valence-electron chi connectivity index (χ2n) is 3.55. The number of aryl methyl sites for hydroxylation is 1. The van der Waals surface area contributed by atoms with Gasteiger partial charge in [0.25, 0.3) is 0 Å². The van der Waals surface area contributed by atoms with Gasteiger partial charge in [-0.1, -0.05) is 18.2 Å². The molecule has 0 bridgehead atoms.